The molecule has 0 saturated heterocycles. The Bertz CT molecular complexity index is 442. The first kappa shape index (κ1) is 14.0. The molecule has 2 rings (SSSR count). The van der Waals surface area contributed by atoms with Crippen molar-refractivity contribution in [2.75, 3.05) is 6.54 Å². The summed E-state index contributed by atoms with van der Waals surface area (Å²) in [6, 6.07) is 3.91. The fourth-order valence-corrected chi connectivity index (χ4v) is 2.67. The van der Waals surface area contributed by atoms with Crippen molar-refractivity contribution in [2.45, 2.75) is 38.6 Å². The van der Waals surface area contributed by atoms with Crippen LogP contribution >= 0.6 is 0 Å². The van der Waals surface area contributed by atoms with Crippen LogP contribution in [-0.2, 0) is 6.54 Å². The normalized spacial score (nSPS) is 15.8. The quantitative estimate of drug-likeness (QED) is 0.777. The van der Waals surface area contributed by atoms with Gasteiger partial charge < -0.3 is 10.4 Å². The lowest BCUT2D eigenvalue weighted by molar-refractivity contribution is 0.0696. The van der Waals surface area contributed by atoms with Gasteiger partial charge in [-0.15, -0.1) is 0 Å². The van der Waals surface area contributed by atoms with Gasteiger partial charge in [0.05, 0.1) is 5.56 Å². The van der Waals surface area contributed by atoms with Gasteiger partial charge in [-0.2, -0.15) is 0 Å². The summed E-state index contributed by atoms with van der Waals surface area (Å²) < 4.78 is 13.5. The number of aromatic carboxylic acids is 1. The third-order valence-corrected chi connectivity index (χ3v) is 3.81. The van der Waals surface area contributed by atoms with E-state index in [4.69, 9.17) is 5.11 Å². The molecule has 0 amide bonds. The molecule has 1 aromatic carbocycles. The number of hydrogen-bond acceptors (Lipinski definition) is 2. The molecule has 4 heteroatoms. The van der Waals surface area contributed by atoms with E-state index < -0.39 is 5.97 Å². The zero-order valence-corrected chi connectivity index (χ0v) is 11.0. The number of nitrogens with one attached hydrogen (secondary N) is 1. The van der Waals surface area contributed by atoms with Gasteiger partial charge in [-0.25, -0.2) is 9.18 Å². The molecular formula is C15H20FNO2. The summed E-state index contributed by atoms with van der Waals surface area (Å²) in [5.74, 6) is -0.562. The van der Waals surface area contributed by atoms with Crippen LogP contribution in [0, 0.1) is 11.7 Å². The van der Waals surface area contributed by atoms with Gasteiger partial charge in [0.1, 0.15) is 5.82 Å². The predicted molar refractivity (Wildman–Crippen MR) is 71.6 cm³/mol. The number of carboxylic acid groups (broad SMARTS) is 1. The molecule has 0 spiro atoms. The summed E-state index contributed by atoms with van der Waals surface area (Å²) in [6.07, 6.45) is 6.41. The summed E-state index contributed by atoms with van der Waals surface area (Å²) >= 11 is 0. The fourth-order valence-electron chi connectivity index (χ4n) is 2.67. The van der Waals surface area contributed by atoms with Gasteiger partial charge in [0, 0.05) is 12.1 Å². The summed E-state index contributed by atoms with van der Waals surface area (Å²) in [4.78, 5) is 10.8. The SMILES string of the molecule is O=C(O)c1ccc(F)c(CNCCC2CCCC2)c1. The number of carboxylic acids is 1. The predicted octanol–water partition coefficient (Wildman–Crippen LogP) is 3.19. The minimum absolute atomic E-state index is 0.133. The van der Waals surface area contributed by atoms with Crippen LogP contribution in [0.4, 0.5) is 4.39 Å². The lowest BCUT2D eigenvalue weighted by Gasteiger charge is -2.10. The van der Waals surface area contributed by atoms with E-state index in [1.54, 1.807) is 0 Å². The van der Waals surface area contributed by atoms with Crippen LogP contribution in [0.25, 0.3) is 0 Å². The Kier molecular flexibility index (Phi) is 4.91. The highest BCUT2D eigenvalue weighted by Crippen LogP contribution is 2.26. The van der Waals surface area contributed by atoms with Crippen molar-refractivity contribution >= 4 is 5.97 Å². The maximum atomic E-state index is 13.5. The van der Waals surface area contributed by atoms with Crippen molar-refractivity contribution in [3.63, 3.8) is 0 Å². The van der Waals surface area contributed by atoms with E-state index in [2.05, 4.69) is 5.32 Å². The van der Waals surface area contributed by atoms with Crippen molar-refractivity contribution in [1.29, 1.82) is 0 Å². The minimum atomic E-state index is -1.02. The Balaban J connectivity index is 1.81. The van der Waals surface area contributed by atoms with E-state index in [1.807, 2.05) is 0 Å². The van der Waals surface area contributed by atoms with Gasteiger partial charge in [0.2, 0.25) is 0 Å². The van der Waals surface area contributed by atoms with Gasteiger partial charge in [-0.3, -0.25) is 0 Å². The number of benzene rings is 1. The van der Waals surface area contributed by atoms with Crippen LogP contribution in [0.3, 0.4) is 0 Å². The molecule has 2 N–H and O–H groups in total. The molecule has 104 valence electrons. The average Bonchev–Trinajstić information content (AvgIpc) is 2.89. The first-order valence-corrected chi connectivity index (χ1v) is 6.89. The molecular weight excluding hydrogens is 245 g/mol. The Morgan fingerprint density at radius 3 is 2.79 bits per heavy atom. The van der Waals surface area contributed by atoms with Crippen molar-refractivity contribution in [2.24, 2.45) is 5.92 Å². The number of halogens is 1. The average molecular weight is 265 g/mol. The molecule has 0 bridgehead atoms. The largest absolute Gasteiger partial charge is 0.478 e. The van der Waals surface area contributed by atoms with Crippen LogP contribution < -0.4 is 5.32 Å². The topological polar surface area (TPSA) is 49.3 Å². The molecule has 1 saturated carbocycles. The van der Waals surface area contributed by atoms with Gasteiger partial charge in [-0.05, 0) is 37.1 Å². The fraction of sp³-hybridized carbons (Fsp3) is 0.533. The number of rotatable bonds is 6. The number of carbonyl (C=O) groups is 1. The second-order valence-corrected chi connectivity index (χ2v) is 5.23. The minimum Gasteiger partial charge on any atom is -0.478 e. The maximum Gasteiger partial charge on any atom is 0.335 e. The molecule has 19 heavy (non-hydrogen) atoms. The highest BCUT2D eigenvalue weighted by molar-refractivity contribution is 5.87. The van der Waals surface area contributed by atoms with Crippen molar-refractivity contribution in [3.8, 4) is 0 Å². The Hall–Kier alpha value is -1.42. The van der Waals surface area contributed by atoms with Gasteiger partial charge in [0.25, 0.3) is 0 Å². The summed E-state index contributed by atoms with van der Waals surface area (Å²) in [5.41, 5.74) is 0.556. The van der Waals surface area contributed by atoms with Gasteiger partial charge >= 0.3 is 5.97 Å². The molecule has 0 unspecified atom stereocenters. The van der Waals surface area contributed by atoms with E-state index in [-0.39, 0.29) is 11.4 Å². The monoisotopic (exact) mass is 265 g/mol. The van der Waals surface area contributed by atoms with E-state index in [0.29, 0.717) is 12.1 Å². The molecule has 3 nitrogen and oxygen atoms in total. The Morgan fingerprint density at radius 1 is 1.37 bits per heavy atom. The zero-order valence-electron chi connectivity index (χ0n) is 11.0. The van der Waals surface area contributed by atoms with Crippen LogP contribution in [0.5, 0.6) is 0 Å². The molecule has 1 aliphatic carbocycles. The Morgan fingerprint density at radius 2 is 2.11 bits per heavy atom. The van der Waals surface area contributed by atoms with Crippen molar-refractivity contribution < 1.29 is 14.3 Å². The highest BCUT2D eigenvalue weighted by atomic mass is 19.1. The van der Waals surface area contributed by atoms with Crippen LogP contribution in [0.2, 0.25) is 0 Å². The molecule has 0 radical (unpaired) electrons. The second kappa shape index (κ2) is 6.66. The number of hydrogen-bond donors (Lipinski definition) is 2. The Labute approximate surface area is 112 Å². The van der Waals surface area contributed by atoms with E-state index >= 15 is 0 Å². The second-order valence-electron chi connectivity index (χ2n) is 5.23. The molecule has 1 fully saturated rings. The van der Waals surface area contributed by atoms with E-state index in [0.717, 1.165) is 18.9 Å². The highest BCUT2D eigenvalue weighted by Gasteiger charge is 2.14. The first-order chi connectivity index (χ1) is 9.16. The standard InChI is InChI=1S/C15H20FNO2/c16-14-6-5-12(15(18)19)9-13(14)10-17-8-7-11-3-1-2-4-11/h5-6,9,11,17H,1-4,7-8,10H2,(H,18,19). The zero-order chi connectivity index (χ0) is 13.7. The molecule has 0 heterocycles. The van der Waals surface area contributed by atoms with Crippen molar-refractivity contribution in [1.82, 2.24) is 5.32 Å². The maximum absolute atomic E-state index is 13.5. The van der Waals surface area contributed by atoms with Crippen LogP contribution in [-0.4, -0.2) is 17.6 Å². The summed E-state index contributed by atoms with van der Waals surface area (Å²) in [7, 11) is 0. The smallest absolute Gasteiger partial charge is 0.335 e. The molecule has 1 aliphatic rings. The lowest BCUT2D eigenvalue weighted by atomic mass is 10.0. The van der Waals surface area contributed by atoms with Crippen LogP contribution in [0.1, 0.15) is 48.0 Å². The van der Waals surface area contributed by atoms with E-state index in [1.165, 1.54) is 43.9 Å². The third-order valence-electron chi connectivity index (χ3n) is 3.81. The van der Waals surface area contributed by atoms with E-state index in [9.17, 15) is 9.18 Å². The van der Waals surface area contributed by atoms with Gasteiger partial charge in [0.15, 0.2) is 0 Å². The molecule has 1 aromatic rings. The third kappa shape index (κ3) is 4.03. The summed E-state index contributed by atoms with van der Waals surface area (Å²) in [6.45, 7) is 1.25. The lowest BCUT2D eigenvalue weighted by Crippen LogP contribution is -2.18. The first-order valence-electron chi connectivity index (χ1n) is 6.89. The molecule has 0 aliphatic heterocycles. The van der Waals surface area contributed by atoms with Gasteiger partial charge in [-0.1, -0.05) is 25.7 Å². The van der Waals surface area contributed by atoms with Crippen molar-refractivity contribution in [3.05, 3.63) is 35.1 Å². The summed E-state index contributed by atoms with van der Waals surface area (Å²) in [5, 5.41) is 12.1. The van der Waals surface area contributed by atoms with Crippen LogP contribution in [0.15, 0.2) is 18.2 Å². The molecule has 0 aromatic heterocycles. The molecule has 0 atom stereocenters.